The molecule has 0 atom stereocenters. The van der Waals surface area contributed by atoms with E-state index in [9.17, 15) is 14.9 Å². The van der Waals surface area contributed by atoms with Gasteiger partial charge in [0.2, 0.25) is 5.75 Å². The number of methoxy groups -OCH3 is 1. The van der Waals surface area contributed by atoms with Gasteiger partial charge >= 0.3 is 11.8 Å². The average Bonchev–Trinajstić information content (AvgIpc) is 2.48. The fraction of sp³-hybridized carbons (Fsp3) is 0.462. The number of nitrogens with one attached hydrogen (secondary N) is 1. The summed E-state index contributed by atoms with van der Waals surface area (Å²) < 4.78 is 10.9. The van der Waals surface area contributed by atoms with E-state index >= 15 is 0 Å². The molecule has 9 heteroatoms. The van der Waals surface area contributed by atoms with Crippen LogP contribution < -0.4 is 14.6 Å². The average molecular weight is 328 g/mol. The van der Waals surface area contributed by atoms with Crippen molar-refractivity contribution < 1.29 is 24.1 Å². The third-order valence-corrected chi connectivity index (χ3v) is 5.35. The van der Waals surface area contributed by atoms with Crippen LogP contribution in [0, 0.1) is 10.1 Å². The van der Waals surface area contributed by atoms with Crippen molar-refractivity contribution in [1.29, 1.82) is 0 Å². The summed E-state index contributed by atoms with van der Waals surface area (Å²) in [6, 6.07) is 4.42. The Morgan fingerprint density at radius 2 is 2.14 bits per heavy atom. The highest BCUT2D eigenvalue weighted by Gasteiger charge is 2.24. The van der Waals surface area contributed by atoms with Crippen LogP contribution in [0.15, 0.2) is 18.2 Å². The van der Waals surface area contributed by atoms with Gasteiger partial charge in [0.1, 0.15) is 5.75 Å². The smallest absolute Gasteiger partial charge is 0.404 e. The Labute approximate surface area is 128 Å². The van der Waals surface area contributed by atoms with E-state index in [-0.39, 0.29) is 17.5 Å². The van der Waals surface area contributed by atoms with Gasteiger partial charge in [-0.2, -0.15) is 0 Å². The Balaban J connectivity index is 1.95. The molecule has 0 bridgehead atoms. The minimum atomic E-state index is -1.00. The predicted octanol–water partition coefficient (Wildman–Crippen LogP) is 2.81. The summed E-state index contributed by atoms with van der Waals surface area (Å²) in [4.78, 5) is 20.9. The van der Waals surface area contributed by atoms with E-state index in [1.807, 2.05) is 0 Å². The van der Waals surface area contributed by atoms with Gasteiger partial charge in [0.15, 0.2) is 0 Å². The van der Waals surface area contributed by atoms with Crippen LogP contribution in [0.25, 0.3) is 0 Å². The molecule has 1 fully saturated rings. The predicted molar refractivity (Wildman–Crippen MR) is 81.1 cm³/mol. The molecule has 1 saturated heterocycles. The number of rotatable bonds is 5. The Morgan fingerprint density at radius 1 is 1.45 bits per heavy atom. The quantitative estimate of drug-likeness (QED) is 0.488. The number of nitrogens with zero attached hydrogens (tertiary/aromatic N) is 1. The summed E-state index contributed by atoms with van der Waals surface area (Å²) in [6.07, 6.45) is 2.06. The maximum atomic E-state index is 10.8. The van der Waals surface area contributed by atoms with Gasteiger partial charge in [-0.3, -0.25) is 10.1 Å². The van der Waals surface area contributed by atoms with Crippen LogP contribution in [0.5, 0.6) is 11.5 Å². The van der Waals surface area contributed by atoms with Gasteiger partial charge < -0.3 is 19.7 Å². The van der Waals surface area contributed by atoms with Crippen molar-refractivity contribution in [2.75, 3.05) is 19.4 Å². The van der Waals surface area contributed by atoms with E-state index in [2.05, 4.69) is 5.32 Å². The SMILES string of the molecule is COc1cc(OP2CCC(NC(=O)O)CC2)ccc1[N+](=O)[O-]. The van der Waals surface area contributed by atoms with E-state index in [1.54, 1.807) is 6.07 Å². The zero-order chi connectivity index (χ0) is 16.1. The largest absolute Gasteiger partial charge is 0.490 e. The van der Waals surface area contributed by atoms with Crippen LogP contribution in [0.1, 0.15) is 12.8 Å². The van der Waals surface area contributed by atoms with Crippen LogP contribution in [-0.2, 0) is 0 Å². The molecule has 0 aliphatic carbocycles. The molecule has 8 nitrogen and oxygen atoms in total. The van der Waals surface area contributed by atoms with Crippen LogP contribution >= 0.6 is 8.15 Å². The molecule has 2 rings (SSSR count). The molecule has 0 radical (unpaired) electrons. The molecular weight excluding hydrogens is 311 g/mol. The first-order chi connectivity index (χ1) is 10.5. The molecule has 0 spiro atoms. The van der Waals surface area contributed by atoms with Gasteiger partial charge in [-0.1, -0.05) is 0 Å². The standard InChI is InChI=1S/C13H17N2O6P/c1-20-12-8-10(2-3-11(12)15(18)19)21-22-6-4-9(5-7-22)14-13(16)17/h2-3,8-9,14H,4-7H2,1H3,(H,16,17). The first-order valence-corrected chi connectivity index (χ1v) is 8.37. The Morgan fingerprint density at radius 3 is 2.68 bits per heavy atom. The van der Waals surface area contributed by atoms with Gasteiger partial charge in [0, 0.05) is 30.5 Å². The molecule has 1 aliphatic rings. The molecule has 120 valence electrons. The second-order valence-corrected chi connectivity index (χ2v) is 6.88. The highest BCUT2D eigenvalue weighted by molar-refractivity contribution is 7.53. The summed E-state index contributed by atoms with van der Waals surface area (Å²) in [7, 11) is 0.675. The summed E-state index contributed by atoms with van der Waals surface area (Å²) in [5.74, 6) is 0.707. The second kappa shape index (κ2) is 7.26. The third kappa shape index (κ3) is 4.21. The van der Waals surface area contributed by atoms with Crippen LogP contribution in [0.3, 0.4) is 0 Å². The Kier molecular flexibility index (Phi) is 5.38. The highest BCUT2D eigenvalue weighted by Crippen LogP contribution is 2.44. The number of nitro benzene ring substituents is 1. The number of carbonyl (C=O) groups is 1. The summed E-state index contributed by atoms with van der Waals surface area (Å²) >= 11 is 0. The van der Waals surface area contributed by atoms with E-state index in [1.165, 1.54) is 19.2 Å². The van der Waals surface area contributed by atoms with E-state index in [4.69, 9.17) is 14.4 Å². The van der Waals surface area contributed by atoms with Gasteiger partial charge in [-0.25, -0.2) is 4.79 Å². The zero-order valence-electron chi connectivity index (χ0n) is 12.0. The number of carboxylic acid groups (broad SMARTS) is 1. The number of benzene rings is 1. The van der Waals surface area contributed by atoms with Crippen LogP contribution in [0.4, 0.5) is 10.5 Å². The van der Waals surface area contributed by atoms with Crippen molar-refractivity contribution in [3.05, 3.63) is 28.3 Å². The Hall–Kier alpha value is -2.08. The van der Waals surface area contributed by atoms with Gasteiger partial charge in [0.25, 0.3) is 0 Å². The van der Waals surface area contributed by atoms with Crippen LogP contribution in [-0.4, -0.2) is 41.6 Å². The monoisotopic (exact) mass is 328 g/mol. The lowest BCUT2D eigenvalue weighted by atomic mass is 10.2. The summed E-state index contributed by atoms with van der Waals surface area (Å²) in [5, 5.41) is 22.0. The van der Waals surface area contributed by atoms with E-state index < -0.39 is 19.2 Å². The number of ether oxygens (including phenoxy) is 1. The van der Waals surface area contributed by atoms with Crippen molar-refractivity contribution in [1.82, 2.24) is 5.32 Å². The fourth-order valence-electron chi connectivity index (χ4n) is 2.28. The lowest BCUT2D eigenvalue weighted by Gasteiger charge is -2.28. The zero-order valence-corrected chi connectivity index (χ0v) is 12.9. The lowest BCUT2D eigenvalue weighted by Crippen LogP contribution is -2.37. The molecule has 0 unspecified atom stereocenters. The minimum absolute atomic E-state index is 0.0220. The summed E-state index contributed by atoms with van der Waals surface area (Å²) in [5.41, 5.74) is -0.100. The van der Waals surface area contributed by atoms with E-state index in [0.717, 1.165) is 25.2 Å². The number of hydrogen-bond donors (Lipinski definition) is 2. The molecular formula is C13H17N2O6P. The first-order valence-electron chi connectivity index (χ1n) is 6.74. The highest BCUT2D eigenvalue weighted by atomic mass is 31.1. The fourth-order valence-corrected chi connectivity index (χ4v) is 4.30. The molecule has 2 N–H and O–H groups in total. The van der Waals surface area contributed by atoms with Gasteiger partial charge in [-0.15, -0.1) is 0 Å². The maximum Gasteiger partial charge on any atom is 0.404 e. The van der Waals surface area contributed by atoms with Crippen LogP contribution in [0.2, 0.25) is 0 Å². The number of hydrogen-bond acceptors (Lipinski definition) is 5. The number of nitro groups is 1. The van der Waals surface area contributed by atoms with E-state index in [0.29, 0.717) is 5.75 Å². The second-order valence-electron chi connectivity index (χ2n) is 4.83. The lowest BCUT2D eigenvalue weighted by molar-refractivity contribution is -0.385. The molecule has 1 aliphatic heterocycles. The van der Waals surface area contributed by atoms with Crippen molar-refractivity contribution in [3.63, 3.8) is 0 Å². The molecule has 1 amide bonds. The summed E-state index contributed by atoms with van der Waals surface area (Å²) in [6.45, 7) is 0. The molecule has 1 aromatic rings. The minimum Gasteiger partial charge on any atom is -0.490 e. The number of amides is 1. The van der Waals surface area contributed by atoms with Gasteiger partial charge in [-0.05, 0) is 18.9 Å². The Bertz CT molecular complexity index is 559. The van der Waals surface area contributed by atoms with Crippen molar-refractivity contribution >= 4 is 19.9 Å². The maximum absolute atomic E-state index is 10.8. The topological polar surface area (TPSA) is 111 Å². The van der Waals surface area contributed by atoms with Crippen molar-refractivity contribution in [2.24, 2.45) is 0 Å². The third-order valence-electron chi connectivity index (χ3n) is 3.36. The van der Waals surface area contributed by atoms with Crippen molar-refractivity contribution in [3.8, 4) is 11.5 Å². The molecule has 1 aromatic carbocycles. The first kappa shape index (κ1) is 16.3. The molecule has 0 saturated carbocycles. The molecule has 0 aromatic heterocycles. The molecule has 1 heterocycles. The molecule has 22 heavy (non-hydrogen) atoms. The van der Waals surface area contributed by atoms with Gasteiger partial charge in [0.05, 0.1) is 20.2 Å². The van der Waals surface area contributed by atoms with Crippen molar-refractivity contribution in [2.45, 2.75) is 18.9 Å². The normalized spacial score (nSPS) is 21.0.